The van der Waals surface area contributed by atoms with Crippen LogP contribution >= 0.6 is 23.2 Å². The number of carbonyl (C=O) groups is 1. The summed E-state index contributed by atoms with van der Waals surface area (Å²) in [5.74, 6) is 0.661. The van der Waals surface area contributed by atoms with Crippen LogP contribution in [0, 0.1) is 27.7 Å². The SMILES string of the molecule is COc1ccc(C)c(C)c1-c1c(OC(=O)c2cc(Cl)cc(Cl)c2)ccc(C)c1C. The molecule has 3 nitrogen and oxygen atoms in total. The molecule has 0 saturated heterocycles. The normalized spacial score (nSPS) is 10.7. The lowest BCUT2D eigenvalue weighted by molar-refractivity contribution is 0.0735. The van der Waals surface area contributed by atoms with Crippen molar-refractivity contribution in [1.29, 1.82) is 0 Å². The van der Waals surface area contributed by atoms with Gasteiger partial charge in [-0.15, -0.1) is 0 Å². The highest BCUT2D eigenvalue weighted by Gasteiger charge is 2.21. The zero-order valence-electron chi connectivity index (χ0n) is 17.0. The van der Waals surface area contributed by atoms with Crippen LogP contribution in [0.15, 0.2) is 42.5 Å². The minimum absolute atomic E-state index is 0.291. The summed E-state index contributed by atoms with van der Waals surface area (Å²) in [7, 11) is 1.64. The second kappa shape index (κ2) is 8.48. The molecular weight excluding hydrogens is 407 g/mol. The van der Waals surface area contributed by atoms with Crippen LogP contribution in [0.2, 0.25) is 10.0 Å². The first-order valence-electron chi connectivity index (χ1n) is 9.16. The van der Waals surface area contributed by atoms with Crippen LogP contribution in [-0.4, -0.2) is 13.1 Å². The van der Waals surface area contributed by atoms with Crippen molar-refractivity contribution < 1.29 is 14.3 Å². The number of halogens is 2. The largest absolute Gasteiger partial charge is 0.496 e. The van der Waals surface area contributed by atoms with Gasteiger partial charge >= 0.3 is 5.97 Å². The first-order chi connectivity index (χ1) is 13.7. The van der Waals surface area contributed by atoms with Crippen LogP contribution in [0.25, 0.3) is 11.1 Å². The minimum atomic E-state index is -0.525. The summed E-state index contributed by atoms with van der Waals surface area (Å²) in [6, 6.07) is 12.3. The third-order valence-electron chi connectivity index (χ3n) is 5.17. The molecule has 0 bridgehead atoms. The Labute approximate surface area is 181 Å². The van der Waals surface area contributed by atoms with Crippen molar-refractivity contribution in [3.05, 3.63) is 80.3 Å². The molecule has 0 N–H and O–H groups in total. The standard InChI is InChI=1S/C24H22Cl2O3/c1-13-6-8-20(28-5)22(15(13)3)23-16(4)14(2)7-9-21(23)29-24(27)17-10-18(25)12-19(26)11-17/h6-12H,1-5H3. The molecule has 29 heavy (non-hydrogen) atoms. The Balaban J connectivity index is 2.17. The van der Waals surface area contributed by atoms with Gasteiger partial charge in [0.05, 0.1) is 12.7 Å². The summed E-state index contributed by atoms with van der Waals surface area (Å²) in [6.45, 7) is 8.12. The fourth-order valence-corrected chi connectivity index (χ4v) is 3.82. The summed E-state index contributed by atoms with van der Waals surface area (Å²) in [6.07, 6.45) is 0. The second-order valence-electron chi connectivity index (χ2n) is 7.01. The van der Waals surface area contributed by atoms with E-state index in [1.165, 1.54) is 12.1 Å². The number of carbonyl (C=O) groups excluding carboxylic acids is 1. The van der Waals surface area contributed by atoms with Crippen molar-refractivity contribution in [1.82, 2.24) is 0 Å². The van der Waals surface area contributed by atoms with E-state index in [2.05, 4.69) is 0 Å². The molecule has 3 aromatic carbocycles. The van der Waals surface area contributed by atoms with Crippen molar-refractivity contribution in [2.45, 2.75) is 27.7 Å². The highest BCUT2D eigenvalue weighted by atomic mass is 35.5. The molecule has 0 aliphatic rings. The molecular formula is C24H22Cl2O3. The van der Waals surface area contributed by atoms with Gasteiger partial charge in [-0.2, -0.15) is 0 Å². The van der Waals surface area contributed by atoms with E-state index in [0.717, 1.165) is 39.1 Å². The molecule has 150 valence electrons. The quantitative estimate of drug-likeness (QED) is 0.327. The lowest BCUT2D eigenvalue weighted by Crippen LogP contribution is -2.10. The maximum absolute atomic E-state index is 12.8. The topological polar surface area (TPSA) is 35.5 Å². The van der Waals surface area contributed by atoms with Crippen molar-refractivity contribution in [3.8, 4) is 22.6 Å². The Morgan fingerprint density at radius 2 is 1.24 bits per heavy atom. The molecule has 0 heterocycles. The van der Waals surface area contributed by atoms with Gasteiger partial charge in [0, 0.05) is 21.2 Å². The molecule has 3 rings (SSSR count). The maximum Gasteiger partial charge on any atom is 0.343 e. The zero-order valence-corrected chi connectivity index (χ0v) is 18.5. The predicted molar refractivity (Wildman–Crippen MR) is 119 cm³/mol. The molecule has 3 aromatic rings. The predicted octanol–water partition coefficient (Wildman–Crippen LogP) is 7.12. The highest BCUT2D eigenvalue weighted by molar-refractivity contribution is 6.35. The Morgan fingerprint density at radius 3 is 1.76 bits per heavy atom. The van der Waals surface area contributed by atoms with E-state index in [0.29, 0.717) is 21.4 Å². The first kappa shape index (κ1) is 21.2. The molecule has 0 fully saturated rings. The maximum atomic E-state index is 12.8. The highest BCUT2D eigenvalue weighted by Crippen LogP contribution is 2.43. The second-order valence-corrected chi connectivity index (χ2v) is 7.89. The third-order valence-corrected chi connectivity index (χ3v) is 5.60. The van der Waals surface area contributed by atoms with Gasteiger partial charge in [-0.3, -0.25) is 0 Å². The smallest absolute Gasteiger partial charge is 0.343 e. The fraction of sp³-hybridized carbons (Fsp3) is 0.208. The van der Waals surface area contributed by atoms with Gasteiger partial charge in [0.1, 0.15) is 11.5 Å². The van der Waals surface area contributed by atoms with E-state index in [-0.39, 0.29) is 0 Å². The van der Waals surface area contributed by atoms with Crippen LogP contribution in [0.3, 0.4) is 0 Å². The van der Waals surface area contributed by atoms with Gasteiger partial charge < -0.3 is 9.47 Å². The average Bonchev–Trinajstić information content (AvgIpc) is 2.67. The number of rotatable bonds is 4. The van der Waals surface area contributed by atoms with Crippen molar-refractivity contribution in [2.75, 3.05) is 7.11 Å². The van der Waals surface area contributed by atoms with Crippen LogP contribution in [0.1, 0.15) is 32.6 Å². The number of methoxy groups -OCH3 is 1. The van der Waals surface area contributed by atoms with Crippen LogP contribution < -0.4 is 9.47 Å². The zero-order chi connectivity index (χ0) is 21.3. The summed E-state index contributed by atoms with van der Waals surface area (Å²) >= 11 is 12.1. The van der Waals surface area contributed by atoms with E-state index in [4.69, 9.17) is 32.7 Å². The number of esters is 1. The molecule has 0 saturated carbocycles. The van der Waals surface area contributed by atoms with Gasteiger partial charge in [0.2, 0.25) is 0 Å². The van der Waals surface area contributed by atoms with E-state index < -0.39 is 5.97 Å². The first-order valence-corrected chi connectivity index (χ1v) is 9.91. The number of hydrogen-bond donors (Lipinski definition) is 0. The van der Waals surface area contributed by atoms with Crippen molar-refractivity contribution in [2.24, 2.45) is 0 Å². The summed E-state index contributed by atoms with van der Waals surface area (Å²) in [4.78, 5) is 12.8. The lowest BCUT2D eigenvalue weighted by atomic mass is 9.90. The number of ether oxygens (including phenoxy) is 2. The molecule has 0 unspecified atom stereocenters. The fourth-order valence-electron chi connectivity index (χ4n) is 3.29. The molecule has 5 heteroatoms. The van der Waals surface area contributed by atoms with Crippen LogP contribution in [-0.2, 0) is 0 Å². The summed E-state index contributed by atoms with van der Waals surface area (Å²) < 4.78 is 11.4. The Hall–Kier alpha value is -2.49. The number of hydrogen-bond acceptors (Lipinski definition) is 3. The Kier molecular flexibility index (Phi) is 6.21. The Bertz CT molecular complexity index is 1080. The van der Waals surface area contributed by atoms with Crippen molar-refractivity contribution in [3.63, 3.8) is 0 Å². The van der Waals surface area contributed by atoms with E-state index in [9.17, 15) is 4.79 Å². The minimum Gasteiger partial charge on any atom is -0.496 e. The molecule has 0 spiro atoms. The van der Waals surface area contributed by atoms with Gasteiger partial charge in [-0.05, 0) is 80.3 Å². The van der Waals surface area contributed by atoms with Gasteiger partial charge in [-0.1, -0.05) is 35.3 Å². The lowest BCUT2D eigenvalue weighted by Gasteiger charge is -2.20. The third kappa shape index (κ3) is 4.26. The summed E-state index contributed by atoms with van der Waals surface area (Å²) in [5, 5.41) is 0.752. The average molecular weight is 429 g/mol. The molecule has 0 aromatic heterocycles. The van der Waals surface area contributed by atoms with E-state index in [1.807, 2.05) is 52.0 Å². The molecule has 0 atom stereocenters. The van der Waals surface area contributed by atoms with Gasteiger partial charge in [-0.25, -0.2) is 4.79 Å². The number of benzene rings is 3. The van der Waals surface area contributed by atoms with Gasteiger partial charge in [0.25, 0.3) is 0 Å². The van der Waals surface area contributed by atoms with Crippen LogP contribution in [0.4, 0.5) is 0 Å². The van der Waals surface area contributed by atoms with Crippen LogP contribution in [0.5, 0.6) is 11.5 Å². The summed E-state index contributed by atoms with van der Waals surface area (Å²) in [5.41, 5.74) is 6.35. The van der Waals surface area contributed by atoms with Crippen molar-refractivity contribution >= 4 is 29.2 Å². The molecule has 0 amide bonds. The monoisotopic (exact) mass is 428 g/mol. The van der Waals surface area contributed by atoms with Gasteiger partial charge in [0.15, 0.2) is 0 Å². The number of aryl methyl sites for hydroxylation is 2. The van der Waals surface area contributed by atoms with E-state index in [1.54, 1.807) is 13.2 Å². The molecule has 0 radical (unpaired) electrons. The molecule has 0 aliphatic carbocycles. The van der Waals surface area contributed by atoms with E-state index >= 15 is 0 Å². The molecule has 0 aliphatic heterocycles. The Morgan fingerprint density at radius 1 is 0.759 bits per heavy atom.